The Bertz CT molecular complexity index is 420. The van der Waals surface area contributed by atoms with Crippen LogP contribution in [0.2, 0.25) is 0 Å². The fourth-order valence-electron chi connectivity index (χ4n) is 0.998. The van der Waals surface area contributed by atoms with E-state index in [4.69, 9.17) is 5.11 Å². The van der Waals surface area contributed by atoms with Crippen molar-refractivity contribution in [1.29, 1.82) is 0 Å². The first-order valence-corrected chi connectivity index (χ1v) is 4.70. The Balaban J connectivity index is 2.73. The van der Waals surface area contributed by atoms with Crippen molar-refractivity contribution >= 4 is 11.9 Å². The SMILES string of the molecule is CC(NC(=O)c1ccc(C(=O)O)cn1)C(F)F. The van der Waals surface area contributed by atoms with E-state index in [0.29, 0.717) is 0 Å². The number of amides is 1. The second-order valence-corrected chi connectivity index (χ2v) is 3.33. The molecule has 1 unspecified atom stereocenters. The van der Waals surface area contributed by atoms with Crippen LogP contribution in [0.3, 0.4) is 0 Å². The number of hydrogen-bond donors (Lipinski definition) is 2. The van der Waals surface area contributed by atoms with Crippen molar-refractivity contribution in [3.63, 3.8) is 0 Å². The first kappa shape index (κ1) is 13.0. The van der Waals surface area contributed by atoms with Gasteiger partial charge in [-0.05, 0) is 19.1 Å². The molecule has 1 aromatic heterocycles. The van der Waals surface area contributed by atoms with Crippen molar-refractivity contribution in [1.82, 2.24) is 10.3 Å². The number of aromatic nitrogens is 1. The molecule has 0 saturated carbocycles. The van der Waals surface area contributed by atoms with Crippen LogP contribution in [0.1, 0.15) is 27.8 Å². The summed E-state index contributed by atoms with van der Waals surface area (Å²) in [5.74, 6) is -1.94. The van der Waals surface area contributed by atoms with Gasteiger partial charge in [-0.15, -0.1) is 0 Å². The van der Waals surface area contributed by atoms with Crippen molar-refractivity contribution in [2.24, 2.45) is 0 Å². The van der Waals surface area contributed by atoms with E-state index in [9.17, 15) is 18.4 Å². The number of hydrogen-bond acceptors (Lipinski definition) is 3. The molecule has 0 bridgehead atoms. The maximum Gasteiger partial charge on any atom is 0.337 e. The summed E-state index contributed by atoms with van der Waals surface area (Å²) in [4.78, 5) is 25.5. The maximum absolute atomic E-state index is 12.2. The minimum absolute atomic E-state index is 0.0801. The third kappa shape index (κ3) is 3.47. The molecule has 17 heavy (non-hydrogen) atoms. The molecule has 7 heteroatoms. The minimum atomic E-state index is -2.67. The molecule has 2 N–H and O–H groups in total. The summed E-state index contributed by atoms with van der Waals surface area (Å²) in [7, 11) is 0. The number of carbonyl (C=O) groups is 2. The third-order valence-corrected chi connectivity index (χ3v) is 1.98. The van der Waals surface area contributed by atoms with Crippen LogP contribution in [0.5, 0.6) is 0 Å². The predicted octanol–water partition coefficient (Wildman–Crippen LogP) is 1.16. The highest BCUT2D eigenvalue weighted by Gasteiger charge is 2.18. The van der Waals surface area contributed by atoms with Gasteiger partial charge < -0.3 is 10.4 Å². The number of halogens is 2. The summed E-state index contributed by atoms with van der Waals surface area (Å²) >= 11 is 0. The summed E-state index contributed by atoms with van der Waals surface area (Å²) in [6.07, 6.45) is -1.68. The number of carboxylic acids is 1. The summed E-state index contributed by atoms with van der Waals surface area (Å²) in [5.41, 5.74) is -0.189. The largest absolute Gasteiger partial charge is 0.478 e. The van der Waals surface area contributed by atoms with E-state index in [1.165, 1.54) is 6.07 Å². The second-order valence-electron chi connectivity index (χ2n) is 3.33. The van der Waals surface area contributed by atoms with Crippen LogP contribution in [0.25, 0.3) is 0 Å². The number of rotatable bonds is 4. The van der Waals surface area contributed by atoms with E-state index in [1.54, 1.807) is 0 Å². The molecule has 0 aromatic carbocycles. The van der Waals surface area contributed by atoms with Gasteiger partial charge in [-0.2, -0.15) is 0 Å². The lowest BCUT2D eigenvalue weighted by atomic mass is 10.2. The van der Waals surface area contributed by atoms with Crippen molar-refractivity contribution in [2.45, 2.75) is 19.4 Å². The van der Waals surface area contributed by atoms with Crippen LogP contribution < -0.4 is 5.32 Å². The van der Waals surface area contributed by atoms with Crippen LogP contribution in [0.15, 0.2) is 18.3 Å². The molecule has 1 atom stereocenters. The van der Waals surface area contributed by atoms with Crippen molar-refractivity contribution in [2.75, 3.05) is 0 Å². The van der Waals surface area contributed by atoms with E-state index >= 15 is 0 Å². The zero-order chi connectivity index (χ0) is 13.0. The molecule has 0 aliphatic rings. The van der Waals surface area contributed by atoms with Crippen LogP contribution in [-0.2, 0) is 0 Å². The zero-order valence-corrected chi connectivity index (χ0v) is 8.85. The molecular formula is C10H10F2N2O3. The molecular weight excluding hydrogens is 234 g/mol. The van der Waals surface area contributed by atoms with Gasteiger partial charge in [0, 0.05) is 6.20 Å². The Labute approximate surface area is 95.5 Å². The number of nitrogens with one attached hydrogen (secondary N) is 1. The molecule has 0 saturated heterocycles. The van der Waals surface area contributed by atoms with Crippen LogP contribution >= 0.6 is 0 Å². The van der Waals surface area contributed by atoms with E-state index < -0.39 is 24.3 Å². The summed E-state index contributed by atoms with van der Waals surface area (Å²) in [6.45, 7) is 1.16. The zero-order valence-electron chi connectivity index (χ0n) is 8.85. The first-order valence-electron chi connectivity index (χ1n) is 4.70. The van der Waals surface area contributed by atoms with E-state index in [2.05, 4.69) is 4.98 Å². The van der Waals surface area contributed by atoms with Gasteiger partial charge in [-0.25, -0.2) is 13.6 Å². The summed E-state index contributed by atoms with van der Waals surface area (Å²) in [5, 5.41) is 10.6. The Hall–Kier alpha value is -2.05. The molecule has 1 aromatic rings. The number of carbonyl (C=O) groups excluding carboxylic acids is 1. The molecule has 0 spiro atoms. The molecule has 0 fully saturated rings. The van der Waals surface area contributed by atoms with Crippen LogP contribution in [0.4, 0.5) is 8.78 Å². The fourth-order valence-corrected chi connectivity index (χ4v) is 0.998. The topological polar surface area (TPSA) is 79.3 Å². The second kappa shape index (κ2) is 5.33. The number of aromatic carboxylic acids is 1. The van der Waals surface area contributed by atoms with E-state index in [0.717, 1.165) is 19.2 Å². The lowest BCUT2D eigenvalue weighted by molar-refractivity contribution is 0.0695. The Morgan fingerprint density at radius 2 is 2.06 bits per heavy atom. The fraction of sp³-hybridized carbons (Fsp3) is 0.300. The quantitative estimate of drug-likeness (QED) is 0.833. The van der Waals surface area contributed by atoms with Gasteiger partial charge in [-0.3, -0.25) is 9.78 Å². The van der Waals surface area contributed by atoms with E-state index in [-0.39, 0.29) is 11.3 Å². The molecule has 0 aliphatic carbocycles. The lowest BCUT2D eigenvalue weighted by Crippen LogP contribution is -2.37. The van der Waals surface area contributed by atoms with Crippen LogP contribution in [0, 0.1) is 0 Å². The molecule has 5 nitrogen and oxygen atoms in total. The average Bonchev–Trinajstić information content (AvgIpc) is 2.28. The smallest absolute Gasteiger partial charge is 0.337 e. The molecule has 0 radical (unpaired) electrons. The number of carboxylic acid groups (broad SMARTS) is 1. The summed E-state index contributed by atoms with van der Waals surface area (Å²) in [6, 6.07) is 1.05. The number of alkyl halides is 2. The van der Waals surface area contributed by atoms with Crippen molar-refractivity contribution < 1.29 is 23.5 Å². The highest BCUT2D eigenvalue weighted by Crippen LogP contribution is 2.03. The Kier molecular flexibility index (Phi) is 4.08. The molecule has 1 amide bonds. The average molecular weight is 244 g/mol. The lowest BCUT2D eigenvalue weighted by Gasteiger charge is -2.11. The molecule has 92 valence electrons. The van der Waals surface area contributed by atoms with Gasteiger partial charge in [-0.1, -0.05) is 0 Å². The molecule has 1 heterocycles. The van der Waals surface area contributed by atoms with Gasteiger partial charge in [0.25, 0.3) is 12.3 Å². The molecule has 0 aliphatic heterocycles. The van der Waals surface area contributed by atoms with Gasteiger partial charge in [0.2, 0.25) is 0 Å². The molecule has 1 rings (SSSR count). The van der Waals surface area contributed by atoms with Gasteiger partial charge in [0.15, 0.2) is 0 Å². The first-order chi connectivity index (χ1) is 7.91. The normalized spacial score (nSPS) is 12.2. The minimum Gasteiger partial charge on any atom is -0.478 e. The van der Waals surface area contributed by atoms with Crippen molar-refractivity contribution in [3.8, 4) is 0 Å². The third-order valence-electron chi connectivity index (χ3n) is 1.98. The number of nitrogens with zero attached hydrogens (tertiary/aromatic N) is 1. The standard InChI is InChI=1S/C10H10F2N2O3/c1-5(8(11)12)14-9(15)7-3-2-6(4-13-7)10(16)17/h2-5,8H,1H3,(H,14,15)(H,16,17). The predicted molar refractivity (Wildman–Crippen MR) is 54.1 cm³/mol. The van der Waals surface area contributed by atoms with Gasteiger partial charge in [0.05, 0.1) is 11.6 Å². The monoisotopic (exact) mass is 244 g/mol. The number of pyridine rings is 1. The van der Waals surface area contributed by atoms with Crippen LogP contribution in [-0.4, -0.2) is 34.4 Å². The Morgan fingerprint density at radius 1 is 1.41 bits per heavy atom. The summed E-state index contributed by atoms with van der Waals surface area (Å²) < 4.78 is 24.3. The van der Waals surface area contributed by atoms with Gasteiger partial charge >= 0.3 is 5.97 Å². The Morgan fingerprint density at radius 3 is 2.47 bits per heavy atom. The maximum atomic E-state index is 12.2. The highest BCUT2D eigenvalue weighted by molar-refractivity contribution is 5.93. The van der Waals surface area contributed by atoms with Gasteiger partial charge in [0.1, 0.15) is 5.69 Å². The highest BCUT2D eigenvalue weighted by atomic mass is 19.3. The van der Waals surface area contributed by atoms with E-state index in [1.807, 2.05) is 5.32 Å². The van der Waals surface area contributed by atoms with Crippen molar-refractivity contribution in [3.05, 3.63) is 29.6 Å².